The van der Waals surface area contributed by atoms with Crippen LogP contribution in [0.3, 0.4) is 0 Å². The fourth-order valence-electron chi connectivity index (χ4n) is 1.22. The Morgan fingerprint density at radius 2 is 2.10 bits per heavy atom. The topological polar surface area (TPSA) is 3.24 Å². The van der Waals surface area contributed by atoms with E-state index in [0.717, 1.165) is 11.6 Å². The van der Waals surface area contributed by atoms with Gasteiger partial charge < -0.3 is 0 Å². The van der Waals surface area contributed by atoms with Gasteiger partial charge in [-0.05, 0) is 32.9 Å². The third-order valence-electron chi connectivity index (χ3n) is 1.83. The molecule has 0 aliphatic carbocycles. The summed E-state index contributed by atoms with van der Waals surface area (Å²) in [6.45, 7) is 5.47. The molecule has 2 heteroatoms. The molecule has 0 bridgehead atoms. The molecule has 1 nitrogen and oxygen atoms in total. The summed E-state index contributed by atoms with van der Waals surface area (Å²) < 4.78 is 0. The van der Waals surface area contributed by atoms with Crippen LogP contribution >= 0.6 is 11.6 Å². The first kappa shape index (κ1) is 8.09. The molecule has 0 radical (unpaired) electrons. The van der Waals surface area contributed by atoms with Crippen LogP contribution in [0.25, 0.3) is 0 Å². The van der Waals surface area contributed by atoms with Crippen LogP contribution in [0.2, 0.25) is 0 Å². The van der Waals surface area contributed by atoms with Gasteiger partial charge in [0.2, 0.25) is 0 Å². The summed E-state index contributed by atoms with van der Waals surface area (Å²) in [4.78, 5) is 2.42. The van der Waals surface area contributed by atoms with E-state index in [0.29, 0.717) is 0 Å². The molecule has 0 unspecified atom stereocenters. The van der Waals surface area contributed by atoms with E-state index in [-0.39, 0.29) is 0 Å². The normalized spacial score (nSPS) is 22.0. The van der Waals surface area contributed by atoms with Crippen molar-refractivity contribution in [3.63, 3.8) is 0 Å². The zero-order valence-corrected chi connectivity index (χ0v) is 7.19. The van der Waals surface area contributed by atoms with Gasteiger partial charge >= 0.3 is 0 Å². The highest BCUT2D eigenvalue weighted by molar-refractivity contribution is 6.29. The van der Waals surface area contributed by atoms with E-state index in [1.165, 1.54) is 25.9 Å². The summed E-state index contributed by atoms with van der Waals surface area (Å²) in [5, 5.41) is 0.909. The van der Waals surface area contributed by atoms with E-state index in [1.54, 1.807) is 0 Å². The Bertz CT molecular complexity index is 121. The Hall–Kier alpha value is -0.0100. The van der Waals surface area contributed by atoms with Gasteiger partial charge in [-0.3, -0.25) is 4.90 Å². The van der Waals surface area contributed by atoms with Gasteiger partial charge in [-0.25, -0.2) is 0 Å². The van der Waals surface area contributed by atoms with Gasteiger partial charge in [0.1, 0.15) is 0 Å². The van der Waals surface area contributed by atoms with Crippen molar-refractivity contribution >= 4 is 11.6 Å². The lowest BCUT2D eigenvalue weighted by atomic mass is 10.4. The van der Waals surface area contributed by atoms with Crippen LogP contribution < -0.4 is 0 Å². The molecule has 0 saturated carbocycles. The molecule has 1 aliphatic rings. The highest BCUT2D eigenvalue weighted by Gasteiger charge is 2.08. The third-order valence-corrected chi connectivity index (χ3v) is 1.98. The van der Waals surface area contributed by atoms with Crippen LogP contribution in [-0.4, -0.2) is 24.5 Å². The van der Waals surface area contributed by atoms with Gasteiger partial charge in [0.15, 0.2) is 0 Å². The van der Waals surface area contributed by atoms with E-state index in [2.05, 4.69) is 11.0 Å². The quantitative estimate of drug-likeness (QED) is 0.598. The van der Waals surface area contributed by atoms with Crippen molar-refractivity contribution in [1.82, 2.24) is 4.90 Å². The molecule has 1 fully saturated rings. The van der Waals surface area contributed by atoms with E-state index in [1.807, 2.05) is 6.92 Å². The molecule has 10 heavy (non-hydrogen) atoms. The van der Waals surface area contributed by atoms with Gasteiger partial charge in [-0.2, -0.15) is 0 Å². The van der Waals surface area contributed by atoms with Gasteiger partial charge in [-0.1, -0.05) is 17.7 Å². The fraction of sp³-hybridized carbons (Fsp3) is 0.750. The lowest BCUT2D eigenvalue weighted by molar-refractivity contribution is 0.377. The maximum Gasteiger partial charge on any atom is 0.0177 e. The van der Waals surface area contributed by atoms with Gasteiger partial charge in [0, 0.05) is 11.6 Å². The van der Waals surface area contributed by atoms with E-state index in [9.17, 15) is 0 Å². The predicted octanol–water partition coefficient (Wildman–Crippen LogP) is 2.22. The largest absolute Gasteiger partial charge is 0.300 e. The maximum absolute atomic E-state index is 5.69. The second-order valence-electron chi connectivity index (χ2n) is 2.80. The van der Waals surface area contributed by atoms with Crippen LogP contribution in [0.15, 0.2) is 11.1 Å². The van der Waals surface area contributed by atoms with Crippen LogP contribution in [0, 0.1) is 0 Å². The molecular weight excluding hydrogens is 146 g/mol. The first-order valence-corrected chi connectivity index (χ1v) is 4.21. The van der Waals surface area contributed by atoms with Crippen molar-refractivity contribution in [1.29, 1.82) is 0 Å². The summed E-state index contributed by atoms with van der Waals surface area (Å²) in [6, 6.07) is 0. The van der Waals surface area contributed by atoms with Crippen molar-refractivity contribution in [3.05, 3.63) is 11.1 Å². The van der Waals surface area contributed by atoms with E-state index < -0.39 is 0 Å². The van der Waals surface area contributed by atoms with Crippen molar-refractivity contribution in [2.24, 2.45) is 0 Å². The number of halogens is 1. The van der Waals surface area contributed by atoms with Crippen molar-refractivity contribution < 1.29 is 0 Å². The Morgan fingerprint density at radius 3 is 2.60 bits per heavy atom. The summed E-state index contributed by atoms with van der Waals surface area (Å²) in [5.74, 6) is 0. The Balaban J connectivity index is 2.18. The highest BCUT2D eigenvalue weighted by Crippen LogP contribution is 2.07. The van der Waals surface area contributed by atoms with Crippen molar-refractivity contribution in [2.45, 2.75) is 19.8 Å². The fourth-order valence-corrected chi connectivity index (χ4v) is 1.29. The van der Waals surface area contributed by atoms with Gasteiger partial charge in [-0.15, -0.1) is 0 Å². The minimum atomic E-state index is 0.909. The molecule has 1 heterocycles. The van der Waals surface area contributed by atoms with Crippen LogP contribution in [0.5, 0.6) is 0 Å². The Labute approximate surface area is 67.7 Å². The van der Waals surface area contributed by atoms with Crippen LogP contribution in [-0.2, 0) is 0 Å². The van der Waals surface area contributed by atoms with Crippen molar-refractivity contribution in [2.75, 3.05) is 19.6 Å². The standard InChI is InChI=1S/C8H14ClN/c1-8(9)4-7-10-5-2-3-6-10/h4H,2-3,5-7H2,1H3/b8-4-. The number of hydrogen-bond donors (Lipinski definition) is 0. The molecule has 0 aromatic heterocycles. The molecule has 0 atom stereocenters. The lowest BCUT2D eigenvalue weighted by Gasteiger charge is -2.10. The zero-order chi connectivity index (χ0) is 7.40. The number of allylic oxidation sites excluding steroid dienone is 1. The second-order valence-corrected chi connectivity index (χ2v) is 3.39. The van der Waals surface area contributed by atoms with E-state index in [4.69, 9.17) is 11.6 Å². The highest BCUT2D eigenvalue weighted by atomic mass is 35.5. The minimum absolute atomic E-state index is 0.909. The van der Waals surface area contributed by atoms with Crippen LogP contribution in [0.4, 0.5) is 0 Å². The SMILES string of the molecule is C/C(Cl)=C/CN1CCCC1. The molecule has 1 saturated heterocycles. The predicted molar refractivity (Wildman–Crippen MR) is 45.3 cm³/mol. The molecule has 0 amide bonds. The molecule has 58 valence electrons. The third kappa shape index (κ3) is 2.72. The smallest absolute Gasteiger partial charge is 0.0177 e. The molecule has 0 spiro atoms. The maximum atomic E-state index is 5.69. The summed E-state index contributed by atoms with van der Waals surface area (Å²) >= 11 is 5.69. The first-order chi connectivity index (χ1) is 4.79. The summed E-state index contributed by atoms with van der Waals surface area (Å²) in [6.07, 6.45) is 4.79. The molecular formula is C8H14ClN. The molecule has 0 N–H and O–H groups in total. The second kappa shape index (κ2) is 3.99. The summed E-state index contributed by atoms with van der Waals surface area (Å²) in [5.41, 5.74) is 0. The number of rotatable bonds is 2. The van der Waals surface area contributed by atoms with E-state index >= 15 is 0 Å². The lowest BCUT2D eigenvalue weighted by Crippen LogP contribution is -2.18. The summed E-state index contributed by atoms with van der Waals surface area (Å²) in [7, 11) is 0. The zero-order valence-electron chi connectivity index (χ0n) is 6.44. The van der Waals surface area contributed by atoms with Crippen LogP contribution in [0.1, 0.15) is 19.8 Å². The molecule has 1 aliphatic heterocycles. The Morgan fingerprint density at radius 1 is 1.50 bits per heavy atom. The number of hydrogen-bond acceptors (Lipinski definition) is 1. The van der Waals surface area contributed by atoms with Crippen molar-refractivity contribution in [3.8, 4) is 0 Å². The molecule has 0 aromatic rings. The number of likely N-dealkylation sites (tertiary alicyclic amines) is 1. The molecule has 0 aromatic carbocycles. The number of nitrogens with zero attached hydrogens (tertiary/aromatic N) is 1. The van der Waals surface area contributed by atoms with Gasteiger partial charge in [0.05, 0.1) is 0 Å². The Kier molecular flexibility index (Phi) is 3.23. The monoisotopic (exact) mass is 159 g/mol. The first-order valence-electron chi connectivity index (χ1n) is 3.83. The molecule has 1 rings (SSSR count). The average molecular weight is 160 g/mol. The minimum Gasteiger partial charge on any atom is -0.300 e. The van der Waals surface area contributed by atoms with Gasteiger partial charge in [0.25, 0.3) is 0 Å². The average Bonchev–Trinajstić information content (AvgIpc) is 2.34.